The van der Waals surface area contributed by atoms with Crippen molar-refractivity contribution < 1.29 is 0 Å². The first kappa shape index (κ1) is 7.16. The smallest absolute Gasteiger partial charge is 0.0925 e. The molecular weight excluding hydrogens is 150 g/mol. The standard InChI is InChI=1S/C9H11N3/c1-6-8-5-7(10-2)3-4-9(8)12-11-6/h3-5,10H,1-2H3,(H,11,12). The highest BCUT2D eigenvalue weighted by Gasteiger charge is 2.00. The second kappa shape index (κ2) is 2.52. The normalized spacial score (nSPS) is 10.5. The van der Waals surface area contributed by atoms with E-state index >= 15 is 0 Å². The van der Waals surface area contributed by atoms with Crippen LogP contribution < -0.4 is 5.32 Å². The molecule has 12 heavy (non-hydrogen) atoms. The molecule has 2 N–H and O–H groups in total. The Balaban J connectivity index is 2.71. The average Bonchev–Trinajstić information content (AvgIpc) is 2.47. The molecular formula is C9H11N3. The molecule has 3 nitrogen and oxygen atoms in total. The van der Waals surface area contributed by atoms with Gasteiger partial charge in [-0.1, -0.05) is 0 Å². The molecule has 0 spiro atoms. The molecule has 1 heterocycles. The van der Waals surface area contributed by atoms with Crippen molar-refractivity contribution in [3.63, 3.8) is 0 Å². The first-order chi connectivity index (χ1) is 5.81. The number of benzene rings is 1. The molecule has 0 saturated heterocycles. The Bertz CT molecular complexity index is 403. The lowest BCUT2D eigenvalue weighted by atomic mass is 10.2. The van der Waals surface area contributed by atoms with Crippen LogP contribution in [0.4, 0.5) is 5.69 Å². The van der Waals surface area contributed by atoms with Crippen LogP contribution in [-0.4, -0.2) is 17.2 Å². The highest BCUT2D eigenvalue weighted by Crippen LogP contribution is 2.19. The molecule has 0 unspecified atom stereocenters. The van der Waals surface area contributed by atoms with Gasteiger partial charge in [-0.2, -0.15) is 5.10 Å². The van der Waals surface area contributed by atoms with Gasteiger partial charge in [0.1, 0.15) is 0 Å². The zero-order valence-electron chi connectivity index (χ0n) is 7.18. The molecule has 1 aromatic carbocycles. The summed E-state index contributed by atoms with van der Waals surface area (Å²) in [5, 5.41) is 11.4. The Morgan fingerprint density at radius 3 is 3.00 bits per heavy atom. The molecule has 0 aliphatic rings. The minimum atomic E-state index is 1.02. The molecule has 1 aromatic heterocycles. The van der Waals surface area contributed by atoms with Crippen LogP contribution in [0.1, 0.15) is 5.69 Å². The summed E-state index contributed by atoms with van der Waals surface area (Å²) in [5.41, 5.74) is 3.25. The molecule has 2 rings (SSSR count). The number of rotatable bonds is 1. The maximum atomic E-state index is 4.14. The van der Waals surface area contributed by atoms with E-state index in [-0.39, 0.29) is 0 Å². The van der Waals surface area contributed by atoms with Crippen molar-refractivity contribution in [1.82, 2.24) is 10.2 Å². The van der Waals surface area contributed by atoms with Crippen LogP contribution in [0, 0.1) is 6.92 Å². The Hall–Kier alpha value is -1.51. The van der Waals surface area contributed by atoms with Crippen molar-refractivity contribution in [2.24, 2.45) is 0 Å². The summed E-state index contributed by atoms with van der Waals surface area (Å²) in [6.07, 6.45) is 0. The van der Waals surface area contributed by atoms with Crippen LogP contribution in [0.25, 0.3) is 10.9 Å². The Morgan fingerprint density at radius 2 is 2.25 bits per heavy atom. The maximum absolute atomic E-state index is 4.14. The van der Waals surface area contributed by atoms with E-state index in [4.69, 9.17) is 0 Å². The number of hydrogen-bond donors (Lipinski definition) is 2. The second-order valence-corrected chi connectivity index (χ2v) is 2.83. The third-order valence-electron chi connectivity index (χ3n) is 2.03. The zero-order valence-corrected chi connectivity index (χ0v) is 7.18. The summed E-state index contributed by atoms with van der Waals surface area (Å²) in [5.74, 6) is 0. The summed E-state index contributed by atoms with van der Waals surface area (Å²) in [6.45, 7) is 2.02. The van der Waals surface area contributed by atoms with E-state index in [0.29, 0.717) is 0 Å². The number of anilines is 1. The van der Waals surface area contributed by atoms with E-state index in [2.05, 4.69) is 21.6 Å². The molecule has 0 aliphatic heterocycles. The molecule has 0 bridgehead atoms. The predicted octanol–water partition coefficient (Wildman–Crippen LogP) is 1.91. The first-order valence-electron chi connectivity index (χ1n) is 3.94. The highest BCUT2D eigenvalue weighted by molar-refractivity contribution is 5.84. The summed E-state index contributed by atoms with van der Waals surface area (Å²) >= 11 is 0. The van der Waals surface area contributed by atoms with Gasteiger partial charge in [-0.3, -0.25) is 5.10 Å². The Kier molecular flexibility index (Phi) is 1.50. The zero-order chi connectivity index (χ0) is 8.55. The monoisotopic (exact) mass is 161 g/mol. The van der Waals surface area contributed by atoms with Gasteiger partial charge in [0, 0.05) is 23.8 Å². The molecule has 62 valence electrons. The molecule has 0 amide bonds. The highest BCUT2D eigenvalue weighted by atomic mass is 15.1. The van der Waals surface area contributed by atoms with Crippen LogP contribution in [-0.2, 0) is 0 Å². The van der Waals surface area contributed by atoms with Gasteiger partial charge in [0.15, 0.2) is 0 Å². The van der Waals surface area contributed by atoms with Gasteiger partial charge in [-0.05, 0) is 25.1 Å². The molecule has 3 heteroatoms. The molecule has 2 aromatic rings. The van der Waals surface area contributed by atoms with Crippen LogP contribution in [0.15, 0.2) is 18.2 Å². The molecule has 0 saturated carbocycles. The second-order valence-electron chi connectivity index (χ2n) is 2.83. The third kappa shape index (κ3) is 0.942. The van der Waals surface area contributed by atoms with Gasteiger partial charge in [0.2, 0.25) is 0 Å². The average molecular weight is 161 g/mol. The summed E-state index contributed by atoms with van der Waals surface area (Å²) in [6, 6.07) is 6.11. The number of nitrogens with zero attached hydrogens (tertiary/aromatic N) is 1. The van der Waals surface area contributed by atoms with E-state index < -0.39 is 0 Å². The largest absolute Gasteiger partial charge is 0.388 e. The number of nitrogens with one attached hydrogen (secondary N) is 2. The van der Waals surface area contributed by atoms with Gasteiger partial charge in [0.05, 0.1) is 5.52 Å². The van der Waals surface area contributed by atoms with Crippen molar-refractivity contribution in [2.45, 2.75) is 6.92 Å². The number of aromatic nitrogens is 2. The third-order valence-corrected chi connectivity index (χ3v) is 2.03. The maximum Gasteiger partial charge on any atom is 0.0925 e. The number of hydrogen-bond acceptors (Lipinski definition) is 2. The van der Waals surface area contributed by atoms with Crippen LogP contribution in [0.5, 0.6) is 0 Å². The van der Waals surface area contributed by atoms with E-state index in [1.54, 1.807) is 0 Å². The number of aryl methyl sites for hydroxylation is 1. The van der Waals surface area contributed by atoms with Crippen molar-refractivity contribution in [3.05, 3.63) is 23.9 Å². The van der Waals surface area contributed by atoms with Gasteiger partial charge in [-0.15, -0.1) is 0 Å². The lowest BCUT2D eigenvalue weighted by Crippen LogP contribution is -1.86. The van der Waals surface area contributed by atoms with Crippen LogP contribution in [0.2, 0.25) is 0 Å². The Labute approximate surface area is 70.8 Å². The number of aromatic amines is 1. The molecule has 0 fully saturated rings. The number of fused-ring (bicyclic) bond motifs is 1. The lowest BCUT2D eigenvalue weighted by Gasteiger charge is -1.98. The quantitative estimate of drug-likeness (QED) is 0.670. The minimum absolute atomic E-state index is 1.02. The van der Waals surface area contributed by atoms with Crippen LogP contribution >= 0.6 is 0 Å². The van der Waals surface area contributed by atoms with E-state index in [0.717, 1.165) is 16.9 Å². The van der Waals surface area contributed by atoms with E-state index in [1.807, 2.05) is 26.1 Å². The first-order valence-corrected chi connectivity index (χ1v) is 3.94. The van der Waals surface area contributed by atoms with Gasteiger partial charge in [-0.25, -0.2) is 0 Å². The lowest BCUT2D eigenvalue weighted by molar-refractivity contribution is 1.07. The Morgan fingerprint density at radius 1 is 1.42 bits per heavy atom. The van der Waals surface area contributed by atoms with Gasteiger partial charge >= 0.3 is 0 Å². The fraction of sp³-hybridized carbons (Fsp3) is 0.222. The predicted molar refractivity (Wildman–Crippen MR) is 50.4 cm³/mol. The van der Waals surface area contributed by atoms with E-state index in [1.165, 1.54) is 5.39 Å². The van der Waals surface area contributed by atoms with Crippen molar-refractivity contribution in [1.29, 1.82) is 0 Å². The van der Waals surface area contributed by atoms with Crippen molar-refractivity contribution in [3.8, 4) is 0 Å². The fourth-order valence-corrected chi connectivity index (χ4v) is 1.29. The molecule has 0 aliphatic carbocycles. The summed E-state index contributed by atoms with van der Waals surface area (Å²) in [4.78, 5) is 0. The minimum Gasteiger partial charge on any atom is -0.388 e. The SMILES string of the molecule is CNc1ccc2n[nH]c(C)c2c1. The van der Waals surface area contributed by atoms with Crippen molar-refractivity contribution in [2.75, 3.05) is 12.4 Å². The van der Waals surface area contributed by atoms with E-state index in [9.17, 15) is 0 Å². The van der Waals surface area contributed by atoms with Gasteiger partial charge < -0.3 is 5.32 Å². The summed E-state index contributed by atoms with van der Waals surface area (Å²) in [7, 11) is 1.91. The number of H-pyrrole nitrogens is 1. The summed E-state index contributed by atoms with van der Waals surface area (Å²) < 4.78 is 0. The molecule has 0 radical (unpaired) electrons. The molecule has 0 atom stereocenters. The van der Waals surface area contributed by atoms with Gasteiger partial charge in [0.25, 0.3) is 0 Å². The van der Waals surface area contributed by atoms with Crippen LogP contribution in [0.3, 0.4) is 0 Å². The topological polar surface area (TPSA) is 40.7 Å². The van der Waals surface area contributed by atoms with Crippen molar-refractivity contribution >= 4 is 16.6 Å². The fourth-order valence-electron chi connectivity index (χ4n) is 1.29.